The molecule has 0 aliphatic heterocycles. The Hall–Kier alpha value is -0.670. The first kappa shape index (κ1) is 10.4. The van der Waals surface area contributed by atoms with Crippen LogP contribution in [0.2, 0.25) is 10.2 Å². The summed E-state index contributed by atoms with van der Waals surface area (Å²) in [5.74, 6) is -0.435. The number of H-pyrrole nitrogens is 1. The summed E-state index contributed by atoms with van der Waals surface area (Å²) in [6, 6.07) is 1.45. The Balaban J connectivity index is 2.66. The van der Waals surface area contributed by atoms with E-state index in [4.69, 9.17) is 27.9 Å². The minimum Gasteiger partial charge on any atom is -0.461 e. The molecular weight excluding hydrogens is 213 g/mol. The minimum atomic E-state index is -0.435. The number of aromatic nitrogens is 1. The van der Waals surface area contributed by atoms with Crippen LogP contribution < -0.4 is 0 Å². The van der Waals surface area contributed by atoms with Gasteiger partial charge in [0.25, 0.3) is 0 Å². The molecule has 0 aliphatic rings. The van der Waals surface area contributed by atoms with E-state index in [1.807, 2.05) is 6.92 Å². The molecule has 0 unspecified atom stereocenters. The molecule has 1 aromatic rings. The predicted molar refractivity (Wildman–Crippen MR) is 51.4 cm³/mol. The largest absolute Gasteiger partial charge is 0.461 e. The van der Waals surface area contributed by atoms with Gasteiger partial charge < -0.3 is 9.72 Å². The van der Waals surface area contributed by atoms with Gasteiger partial charge in [0, 0.05) is 0 Å². The van der Waals surface area contributed by atoms with E-state index in [0.717, 1.165) is 6.42 Å². The number of aromatic amines is 1. The normalized spacial score (nSPS) is 10.1. The highest BCUT2D eigenvalue weighted by Gasteiger charge is 2.11. The summed E-state index contributed by atoms with van der Waals surface area (Å²) in [4.78, 5) is 13.8. The molecule has 0 aliphatic carbocycles. The molecule has 0 bridgehead atoms. The first-order valence-electron chi connectivity index (χ1n) is 3.86. The molecule has 13 heavy (non-hydrogen) atoms. The molecule has 1 rings (SSSR count). The molecule has 3 nitrogen and oxygen atoms in total. The van der Waals surface area contributed by atoms with Crippen molar-refractivity contribution >= 4 is 29.2 Å². The maximum atomic E-state index is 11.2. The van der Waals surface area contributed by atoms with E-state index in [-0.39, 0.29) is 10.8 Å². The summed E-state index contributed by atoms with van der Waals surface area (Å²) < 4.78 is 4.86. The van der Waals surface area contributed by atoms with Crippen molar-refractivity contribution in [3.63, 3.8) is 0 Å². The van der Waals surface area contributed by atoms with Gasteiger partial charge in [-0.15, -0.1) is 0 Å². The fourth-order valence-corrected chi connectivity index (χ4v) is 1.10. The van der Waals surface area contributed by atoms with Crippen molar-refractivity contribution in [1.82, 2.24) is 4.98 Å². The molecular formula is C8H9Cl2NO2. The number of nitrogens with one attached hydrogen (secondary N) is 1. The van der Waals surface area contributed by atoms with Crippen molar-refractivity contribution in [2.45, 2.75) is 13.3 Å². The second-order valence-corrected chi connectivity index (χ2v) is 3.27. The van der Waals surface area contributed by atoms with E-state index in [1.165, 1.54) is 6.07 Å². The summed E-state index contributed by atoms with van der Waals surface area (Å²) in [5.41, 5.74) is 0.281. The van der Waals surface area contributed by atoms with Crippen LogP contribution in [0.3, 0.4) is 0 Å². The molecule has 0 saturated carbocycles. The van der Waals surface area contributed by atoms with E-state index in [0.29, 0.717) is 11.6 Å². The Morgan fingerprint density at radius 2 is 2.31 bits per heavy atom. The molecule has 0 radical (unpaired) electrons. The standard InChI is InChI=1S/C8H9Cl2NO2/c1-2-3-13-8(12)6-4-5(9)7(10)11-6/h4,11H,2-3H2,1H3. The number of carbonyl (C=O) groups is 1. The Labute approximate surface area is 86.0 Å². The van der Waals surface area contributed by atoms with Crippen LogP contribution in [-0.4, -0.2) is 17.6 Å². The molecule has 0 aromatic carbocycles. The molecule has 0 fully saturated rings. The van der Waals surface area contributed by atoms with Crippen molar-refractivity contribution in [2.75, 3.05) is 6.61 Å². The minimum absolute atomic E-state index is 0.255. The smallest absolute Gasteiger partial charge is 0.354 e. The van der Waals surface area contributed by atoms with Gasteiger partial charge in [0.1, 0.15) is 10.8 Å². The van der Waals surface area contributed by atoms with Crippen molar-refractivity contribution in [1.29, 1.82) is 0 Å². The second-order valence-electron chi connectivity index (χ2n) is 2.48. The molecule has 0 spiro atoms. The van der Waals surface area contributed by atoms with Crippen molar-refractivity contribution < 1.29 is 9.53 Å². The summed E-state index contributed by atoms with van der Waals surface area (Å²) in [6.07, 6.45) is 0.786. The lowest BCUT2D eigenvalue weighted by atomic mass is 10.4. The zero-order valence-electron chi connectivity index (χ0n) is 7.06. The fourth-order valence-electron chi connectivity index (χ4n) is 0.787. The lowest BCUT2D eigenvalue weighted by Gasteiger charge is -1.99. The predicted octanol–water partition coefficient (Wildman–Crippen LogP) is 2.89. The summed E-state index contributed by atoms with van der Waals surface area (Å²) in [6.45, 7) is 2.31. The van der Waals surface area contributed by atoms with Gasteiger partial charge in [0.2, 0.25) is 0 Å². The number of hydrogen-bond donors (Lipinski definition) is 1. The van der Waals surface area contributed by atoms with Gasteiger partial charge in [-0.3, -0.25) is 0 Å². The molecule has 0 saturated heterocycles. The maximum absolute atomic E-state index is 11.2. The highest BCUT2D eigenvalue weighted by molar-refractivity contribution is 6.41. The van der Waals surface area contributed by atoms with Gasteiger partial charge in [0.05, 0.1) is 11.6 Å². The number of esters is 1. The topological polar surface area (TPSA) is 42.1 Å². The zero-order chi connectivity index (χ0) is 9.84. The molecule has 0 atom stereocenters. The van der Waals surface area contributed by atoms with Gasteiger partial charge in [0.15, 0.2) is 0 Å². The lowest BCUT2D eigenvalue weighted by Crippen LogP contribution is -2.05. The Kier molecular flexibility index (Phi) is 3.63. The monoisotopic (exact) mass is 221 g/mol. The van der Waals surface area contributed by atoms with Crippen LogP contribution >= 0.6 is 23.2 Å². The van der Waals surface area contributed by atoms with E-state index in [1.54, 1.807) is 0 Å². The summed E-state index contributed by atoms with van der Waals surface area (Å²) in [7, 11) is 0. The highest BCUT2D eigenvalue weighted by Crippen LogP contribution is 2.22. The van der Waals surface area contributed by atoms with Gasteiger partial charge in [-0.1, -0.05) is 30.1 Å². The number of halogens is 2. The van der Waals surface area contributed by atoms with Crippen LogP contribution in [0.25, 0.3) is 0 Å². The van der Waals surface area contributed by atoms with Crippen molar-refractivity contribution in [2.24, 2.45) is 0 Å². The van der Waals surface area contributed by atoms with Crippen LogP contribution in [0.1, 0.15) is 23.8 Å². The van der Waals surface area contributed by atoms with E-state index >= 15 is 0 Å². The van der Waals surface area contributed by atoms with Crippen molar-refractivity contribution in [3.05, 3.63) is 21.9 Å². The first-order chi connectivity index (χ1) is 6.15. The average Bonchev–Trinajstić information content (AvgIpc) is 2.43. The van der Waals surface area contributed by atoms with Gasteiger partial charge >= 0.3 is 5.97 Å². The zero-order valence-corrected chi connectivity index (χ0v) is 8.58. The Morgan fingerprint density at radius 1 is 1.62 bits per heavy atom. The van der Waals surface area contributed by atoms with Crippen LogP contribution in [0.4, 0.5) is 0 Å². The Bertz CT molecular complexity index is 290. The molecule has 1 aromatic heterocycles. The van der Waals surface area contributed by atoms with Gasteiger partial charge in [-0.25, -0.2) is 4.79 Å². The lowest BCUT2D eigenvalue weighted by molar-refractivity contribution is 0.0499. The van der Waals surface area contributed by atoms with Crippen molar-refractivity contribution in [3.8, 4) is 0 Å². The summed E-state index contributed by atoms with van der Waals surface area (Å²) in [5, 5.41) is 0.579. The van der Waals surface area contributed by atoms with E-state index < -0.39 is 5.97 Å². The molecule has 0 amide bonds. The fraction of sp³-hybridized carbons (Fsp3) is 0.375. The third-order valence-electron chi connectivity index (χ3n) is 1.38. The molecule has 72 valence electrons. The number of rotatable bonds is 3. The molecule has 5 heteroatoms. The third kappa shape index (κ3) is 2.64. The quantitative estimate of drug-likeness (QED) is 0.799. The average molecular weight is 222 g/mol. The van der Waals surface area contributed by atoms with Gasteiger partial charge in [-0.2, -0.15) is 0 Å². The van der Waals surface area contributed by atoms with E-state index in [9.17, 15) is 4.79 Å². The first-order valence-corrected chi connectivity index (χ1v) is 4.62. The van der Waals surface area contributed by atoms with Gasteiger partial charge in [-0.05, 0) is 12.5 Å². The number of ether oxygens (including phenoxy) is 1. The second kappa shape index (κ2) is 4.53. The van der Waals surface area contributed by atoms with Crippen LogP contribution in [0.15, 0.2) is 6.07 Å². The molecule has 1 heterocycles. The molecule has 1 N–H and O–H groups in total. The Morgan fingerprint density at radius 3 is 2.77 bits per heavy atom. The SMILES string of the molecule is CCCOC(=O)c1cc(Cl)c(Cl)[nH]1. The van der Waals surface area contributed by atoms with E-state index in [2.05, 4.69) is 4.98 Å². The number of carbonyl (C=O) groups excluding carboxylic acids is 1. The third-order valence-corrected chi connectivity index (χ3v) is 2.08. The highest BCUT2D eigenvalue weighted by atomic mass is 35.5. The number of hydrogen-bond acceptors (Lipinski definition) is 2. The van der Waals surface area contributed by atoms with Crippen LogP contribution in [0.5, 0.6) is 0 Å². The maximum Gasteiger partial charge on any atom is 0.354 e. The summed E-state index contributed by atoms with van der Waals surface area (Å²) >= 11 is 11.2. The van der Waals surface area contributed by atoms with Crippen LogP contribution in [-0.2, 0) is 4.74 Å². The van der Waals surface area contributed by atoms with Crippen LogP contribution in [0, 0.1) is 0 Å².